The van der Waals surface area contributed by atoms with Gasteiger partial charge in [0, 0.05) is 25.2 Å². The highest BCUT2D eigenvalue weighted by Crippen LogP contribution is 2.36. The van der Waals surface area contributed by atoms with Crippen LogP contribution in [0, 0.1) is 5.82 Å². The van der Waals surface area contributed by atoms with Crippen LogP contribution in [0.4, 0.5) is 4.39 Å². The van der Waals surface area contributed by atoms with E-state index in [0.29, 0.717) is 12.5 Å². The van der Waals surface area contributed by atoms with Crippen molar-refractivity contribution in [2.75, 3.05) is 26.4 Å². The van der Waals surface area contributed by atoms with Crippen LogP contribution >= 0.6 is 0 Å². The van der Waals surface area contributed by atoms with E-state index in [4.69, 9.17) is 9.47 Å². The minimum atomic E-state index is -0.191. The van der Waals surface area contributed by atoms with E-state index in [1.165, 1.54) is 37.0 Å². The highest BCUT2D eigenvalue weighted by Gasteiger charge is 2.34. The zero-order chi connectivity index (χ0) is 22.8. The molecule has 3 aliphatic heterocycles. The Morgan fingerprint density at radius 3 is 2.58 bits per heavy atom. The van der Waals surface area contributed by atoms with Crippen molar-refractivity contribution >= 4 is 5.91 Å². The van der Waals surface area contributed by atoms with Crippen LogP contribution in [0.1, 0.15) is 49.3 Å². The predicted molar refractivity (Wildman–Crippen MR) is 125 cm³/mol. The van der Waals surface area contributed by atoms with Crippen LogP contribution in [-0.4, -0.2) is 54.2 Å². The molecular weight excluding hydrogens is 419 g/mol. The Kier molecular flexibility index (Phi) is 6.54. The first-order chi connectivity index (χ1) is 16.1. The summed E-state index contributed by atoms with van der Waals surface area (Å²) in [5.74, 6) is 1.55. The molecule has 1 saturated heterocycles. The Labute approximate surface area is 195 Å². The van der Waals surface area contributed by atoms with Crippen LogP contribution in [0.2, 0.25) is 0 Å². The van der Waals surface area contributed by atoms with Gasteiger partial charge in [-0.25, -0.2) is 4.39 Å². The molecule has 3 heterocycles. The molecule has 6 heteroatoms. The summed E-state index contributed by atoms with van der Waals surface area (Å²) in [7, 11) is 0. The van der Waals surface area contributed by atoms with Crippen molar-refractivity contribution in [1.29, 1.82) is 0 Å². The Bertz CT molecular complexity index is 994. The molecule has 0 radical (unpaired) electrons. The number of fused-ring (bicyclic) bond motifs is 2. The highest BCUT2D eigenvalue weighted by molar-refractivity contribution is 5.80. The second kappa shape index (κ2) is 9.72. The molecule has 2 aromatic rings. The fourth-order valence-corrected chi connectivity index (χ4v) is 5.63. The summed E-state index contributed by atoms with van der Waals surface area (Å²) in [6, 6.07) is 11.4. The first-order valence-corrected chi connectivity index (χ1v) is 12.3. The summed E-state index contributed by atoms with van der Waals surface area (Å²) in [4.78, 5) is 18.0. The van der Waals surface area contributed by atoms with Crippen molar-refractivity contribution in [1.82, 2.24) is 9.80 Å². The number of hydrogen-bond acceptors (Lipinski definition) is 4. The summed E-state index contributed by atoms with van der Waals surface area (Å²) >= 11 is 0. The fourth-order valence-electron chi connectivity index (χ4n) is 5.63. The highest BCUT2D eigenvalue weighted by atomic mass is 19.1. The third kappa shape index (κ3) is 4.86. The van der Waals surface area contributed by atoms with E-state index in [1.807, 2.05) is 18.2 Å². The van der Waals surface area contributed by atoms with Gasteiger partial charge in [-0.3, -0.25) is 9.69 Å². The normalized spacial score (nSPS) is 21.9. The van der Waals surface area contributed by atoms with Crippen molar-refractivity contribution in [2.24, 2.45) is 0 Å². The lowest BCUT2D eigenvalue weighted by Gasteiger charge is -2.40. The van der Waals surface area contributed by atoms with E-state index < -0.39 is 0 Å². The molecule has 33 heavy (non-hydrogen) atoms. The summed E-state index contributed by atoms with van der Waals surface area (Å²) < 4.78 is 24.4. The van der Waals surface area contributed by atoms with Crippen LogP contribution in [0.5, 0.6) is 11.5 Å². The number of rotatable bonds is 5. The Morgan fingerprint density at radius 1 is 1.03 bits per heavy atom. The average molecular weight is 453 g/mol. The van der Waals surface area contributed by atoms with Crippen LogP contribution in [0.3, 0.4) is 0 Å². The molecular formula is C27H33FN2O3. The van der Waals surface area contributed by atoms with Gasteiger partial charge in [-0.15, -0.1) is 0 Å². The van der Waals surface area contributed by atoms with Gasteiger partial charge in [-0.2, -0.15) is 0 Å². The molecule has 0 aromatic heterocycles. The number of carbonyl (C=O) groups is 1. The van der Waals surface area contributed by atoms with Crippen molar-refractivity contribution in [3.63, 3.8) is 0 Å². The maximum Gasteiger partial charge on any atom is 0.231 e. The number of carbonyl (C=O) groups excluding carboxylic acids is 1. The molecule has 0 saturated carbocycles. The Morgan fingerprint density at radius 2 is 1.79 bits per heavy atom. The molecule has 2 atom stereocenters. The maximum atomic E-state index is 13.4. The minimum absolute atomic E-state index is 0.150. The van der Waals surface area contributed by atoms with Crippen molar-refractivity contribution in [2.45, 2.75) is 64.0 Å². The summed E-state index contributed by atoms with van der Waals surface area (Å²) in [5, 5.41) is 0. The van der Waals surface area contributed by atoms with Gasteiger partial charge < -0.3 is 14.4 Å². The minimum Gasteiger partial charge on any atom is -0.454 e. The molecule has 2 unspecified atom stereocenters. The van der Waals surface area contributed by atoms with Gasteiger partial charge in [0.15, 0.2) is 11.5 Å². The van der Waals surface area contributed by atoms with Gasteiger partial charge in [-0.05, 0) is 80.1 Å². The van der Waals surface area contributed by atoms with E-state index in [9.17, 15) is 9.18 Å². The van der Waals surface area contributed by atoms with E-state index in [2.05, 4.69) is 22.8 Å². The monoisotopic (exact) mass is 452 g/mol. The summed E-state index contributed by atoms with van der Waals surface area (Å²) in [6.07, 6.45) is 6.89. The number of benzene rings is 2. The maximum absolute atomic E-state index is 13.4. The molecule has 5 rings (SSSR count). The number of halogens is 1. The van der Waals surface area contributed by atoms with Gasteiger partial charge in [0.2, 0.25) is 12.7 Å². The molecule has 2 aromatic carbocycles. The van der Waals surface area contributed by atoms with Gasteiger partial charge in [0.25, 0.3) is 0 Å². The molecule has 0 spiro atoms. The zero-order valence-corrected chi connectivity index (χ0v) is 19.4. The third-order valence-electron chi connectivity index (χ3n) is 7.54. The van der Waals surface area contributed by atoms with Crippen LogP contribution in [-0.2, 0) is 24.1 Å². The lowest BCUT2D eigenvalue weighted by molar-refractivity contribution is -0.133. The van der Waals surface area contributed by atoms with Crippen molar-refractivity contribution < 1.29 is 18.7 Å². The molecule has 1 fully saturated rings. The quantitative estimate of drug-likeness (QED) is 0.676. The number of hydrogen-bond donors (Lipinski definition) is 0. The second-order valence-electron chi connectivity index (χ2n) is 9.56. The molecule has 0 N–H and O–H groups in total. The van der Waals surface area contributed by atoms with Gasteiger partial charge in [0.05, 0.1) is 6.42 Å². The number of amides is 1. The standard InChI is InChI=1S/C27H33FN2O3/c1-19(24-5-3-2-4-12-29(24)13-10-20-6-8-23(28)9-7-20)30-14-11-21-15-25-26(33-18-32-25)16-22(21)17-27(30)31/h6-9,15-16,19,24H,2-5,10-14,17-18H2,1H3. The average Bonchev–Trinajstić information content (AvgIpc) is 3.04. The fraction of sp³-hybridized carbons (Fsp3) is 0.519. The predicted octanol–water partition coefficient (Wildman–Crippen LogP) is 4.36. The van der Waals surface area contributed by atoms with E-state index in [0.717, 1.165) is 61.5 Å². The van der Waals surface area contributed by atoms with E-state index in [-0.39, 0.29) is 24.6 Å². The van der Waals surface area contributed by atoms with E-state index >= 15 is 0 Å². The lowest BCUT2D eigenvalue weighted by Crippen LogP contribution is -2.53. The number of ether oxygens (including phenoxy) is 2. The molecule has 0 aliphatic carbocycles. The van der Waals surface area contributed by atoms with E-state index in [1.54, 1.807) is 0 Å². The second-order valence-corrected chi connectivity index (χ2v) is 9.56. The molecule has 0 bridgehead atoms. The first kappa shape index (κ1) is 22.2. The first-order valence-electron chi connectivity index (χ1n) is 12.3. The zero-order valence-electron chi connectivity index (χ0n) is 19.4. The Hall–Kier alpha value is -2.60. The molecule has 176 valence electrons. The van der Waals surface area contributed by atoms with Gasteiger partial charge in [0.1, 0.15) is 5.82 Å². The molecule has 5 nitrogen and oxygen atoms in total. The van der Waals surface area contributed by atoms with Crippen molar-refractivity contribution in [3.8, 4) is 11.5 Å². The summed E-state index contributed by atoms with van der Waals surface area (Å²) in [5.41, 5.74) is 3.41. The number of likely N-dealkylation sites (tertiary alicyclic amines) is 1. The largest absolute Gasteiger partial charge is 0.454 e. The van der Waals surface area contributed by atoms with Gasteiger partial charge >= 0.3 is 0 Å². The van der Waals surface area contributed by atoms with Crippen LogP contribution in [0.15, 0.2) is 36.4 Å². The van der Waals surface area contributed by atoms with Crippen LogP contribution < -0.4 is 9.47 Å². The number of nitrogens with zero attached hydrogens (tertiary/aromatic N) is 2. The SMILES string of the molecule is CC(C1CCCCCN1CCc1ccc(F)cc1)N1CCc2cc3c(cc2CC1=O)OCO3. The van der Waals surface area contributed by atoms with Crippen LogP contribution in [0.25, 0.3) is 0 Å². The lowest BCUT2D eigenvalue weighted by atomic mass is 10.00. The third-order valence-corrected chi connectivity index (χ3v) is 7.54. The topological polar surface area (TPSA) is 42.0 Å². The summed E-state index contributed by atoms with van der Waals surface area (Å²) in [6.45, 7) is 5.20. The van der Waals surface area contributed by atoms with Crippen molar-refractivity contribution in [3.05, 3.63) is 58.9 Å². The van der Waals surface area contributed by atoms with Gasteiger partial charge in [-0.1, -0.05) is 25.0 Å². The molecule has 1 amide bonds. The Balaban J connectivity index is 1.29. The molecule has 3 aliphatic rings. The smallest absolute Gasteiger partial charge is 0.231 e.